The van der Waals surface area contributed by atoms with Crippen molar-refractivity contribution >= 4 is 29.2 Å². The van der Waals surface area contributed by atoms with Crippen LogP contribution in [0.3, 0.4) is 0 Å². The second kappa shape index (κ2) is 5.44. The zero-order valence-electron chi connectivity index (χ0n) is 10.7. The van der Waals surface area contributed by atoms with E-state index >= 15 is 0 Å². The Kier molecular flexibility index (Phi) is 3.90. The van der Waals surface area contributed by atoms with Gasteiger partial charge in [0.25, 0.3) is 5.91 Å². The lowest BCUT2D eigenvalue weighted by Crippen LogP contribution is -2.56. The number of rotatable bonds is 2. The Morgan fingerprint density at radius 2 is 2.32 bits per heavy atom. The van der Waals surface area contributed by atoms with Crippen molar-refractivity contribution in [1.29, 1.82) is 0 Å². The monoisotopic (exact) mass is 282 g/mol. The summed E-state index contributed by atoms with van der Waals surface area (Å²) in [5.74, 6) is 0.0619. The summed E-state index contributed by atoms with van der Waals surface area (Å²) in [5.41, 5.74) is 0.162. The van der Waals surface area contributed by atoms with Gasteiger partial charge in [-0.05, 0) is 19.1 Å². The molecule has 102 valence electrons. The van der Waals surface area contributed by atoms with Gasteiger partial charge in [0.2, 0.25) is 5.91 Å². The summed E-state index contributed by atoms with van der Waals surface area (Å²) in [5, 5.41) is 5.84. The Morgan fingerprint density at radius 3 is 3.00 bits per heavy atom. The van der Waals surface area contributed by atoms with Crippen molar-refractivity contribution in [3.63, 3.8) is 0 Å². The number of nitrogens with zero attached hydrogens (tertiary/aromatic N) is 2. The maximum absolute atomic E-state index is 12.4. The van der Waals surface area contributed by atoms with Crippen LogP contribution in [0.2, 0.25) is 5.02 Å². The van der Waals surface area contributed by atoms with Crippen LogP contribution >= 0.6 is 11.6 Å². The van der Waals surface area contributed by atoms with E-state index < -0.39 is 6.04 Å². The van der Waals surface area contributed by atoms with Crippen LogP contribution in [0, 0.1) is 0 Å². The lowest BCUT2D eigenvalue weighted by molar-refractivity contribution is -0.127. The number of carbonyl (C=O) groups excluding carboxylic acids is 2. The fraction of sp³-hybridized carbons (Fsp3) is 0.417. The van der Waals surface area contributed by atoms with Crippen LogP contribution in [0.1, 0.15) is 17.4 Å². The van der Waals surface area contributed by atoms with Crippen molar-refractivity contribution in [1.82, 2.24) is 15.2 Å². The summed E-state index contributed by atoms with van der Waals surface area (Å²) >= 11 is 6.01. The third-order valence-electron chi connectivity index (χ3n) is 3.06. The molecule has 2 rings (SSSR count). The molecule has 2 heterocycles. The van der Waals surface area contributed by atoms with Crippen molar-refractivity contribution < 1.29 is 9.59 Å². The summed E-state index contributed by atoms with van der Waals surface area (Å²) in [6.07, 6.45) is 0. The molecule has 0 aromatic carbocycles. The van der Waals surface area contributed by atoms with Gasteiger partial charge in [-0.3, -0.25) is 9.59 Å². The fourth-order valence-corrected chi connectivity index (χ4v) is 2.11. The number of amides is 2. The minimum absolute atomic E-state index is 0.162. The van der Waals surface area contributed by atoms with Gasteiger partial charge in [-0.2, -0.15) is 0 Å². The molecule has 1 atom stereocenters. The molecule has 6 nitrogen and oxygen atoms in total. The average molecular weight is 283 g/mol. The number of hydrogen-bond acceptors (Lipinski definition) is 4. The highest BCUT2D eigenvalue weighted by molar-refractivity contribution is 6.33. The topological polar surface area (TPSA) is 74.3 Å². The second-order valence-corrected chi connectivity index (χ2v) is 4.65. The highest BCUT2D eigenvalue weighted by atomic mass is 35.5. The van der Waals surface area contributed by atoms with E-state index in [9.17, 15) is 9.59 Å². The molecule has 0 aliphatic carbocycles. The number of piperazine rings is 1. The molecule has 19 heavy (non-hydrogen) atoms. The summed E-state index contributed by atoms with van der Waals surface area (Å²) in [6.45, 7) is 2.58. The molecular formula is C12H15ClN4O2. The molecule has 0 bridgehead atoms. The molecule has 1 aliphatic rings. The molecule has 1 fully saturated rings. The molecule has 0 radical (unpaired) electrons. The zero-order valence-corrected chi connectivity index (χ0v) is 11.5. The predicted molar refractivity (Wildman–Crippen MR) is 72.3 cm³/mol. The number of hydrogen-bond donors (Lipinski definition) is 2. The van der Waals surface area contributed by atoms with Gasteiger partial charge in [0, 0.05) is 20.1 Å². The Hall–Kier alpha value is -1.82. The van der Waals surface area contributed by atoms with Crippen molar-refractivity contribution in [2.24, 2.45) is 0 Å². The number of aromatic nitrogens is 1. The Labute approximate surface area is 116 Å². The van der Waals surface area contributed by atoms with Crippen molar-refractivity contribution in [3.05, 3.63) is 22.8 Å². The molecule has 2 N–H and O–H groups in total. The molecule has 0 saturated carbocycles. The molecular weight excluding hydrogens is 268 g/mol. The highest BCUT2D eigenvalue weighted by Crippen LogP contribution is 2.20. The molecule has 1 aromatic heterocycles. The smallest absolute Gasteiger partial charge is 0.274 e. The second-order valence-electron chi connectivity index (χ2n) is 4.24. The van der Waals surface area contributed by atoms with Crippen LogP contribution < -0.4 is 10.6 Å². The Morgan fingerprint density at radius 1 is 1.58 bits per heavy atom. The summed E-state index contributed by atoms with van der Waals surface area (Å²) in [6, 6.07) is 2.78. The van der Waals surface area contributed by atoms with Gasteiger partial charge in [-0.1, -0.05) is 11.6 Å². The third-order valence-corrected chi connectivity index (χ3v) is 3.37. The summed E-state index contributed by atoms with van der Waals surface area (Å²) in [4.78, 5) is 29.6. The number of nitrogens with one attached hydrogen (secondary N) is 2. The number of carbonyl (C=O) groups is 2. The van der Waals surface area contributed by atoms with Gasteiger partial charge < -0.3 is 15.5 Å². The van der Waals surface area contributed by atoms with Crippen molar-refractivity contribution in [2.45, 2.75) is 13.0 Å². The first kappa shape index (κ1) is 13.6. The van der Waals surface area contributed by atoms with Gasteiger partial charge >= 0.3 is 0 Å². The first-order valence-corrected chi connectivity index (χ1v) is 6.35. The standard InChI is InChI=1S/C12H15ClN4O2/c1-7-11(18)15-5-6-17(7)12(19)10-8(13)3-4-9(14-2)16-10/h3-4,7H,5-6H2,1-2H3,(H,14,16)(H,15,18). The van der Waals surface area contributed by atoms with Crippen LogP contribution in [0.25, 0.3) is 0 Å². The molecule has 1 aliphatic heterocycles. The van der Waals surface area contributed by atoms with Crippen molar-refractivity contribution in [2.75, 3.05) is 25.5 Å². The molecule has 1 aromatic rings. The first-order valence-electron chi connectivity index (χ1n) is 5.97. The molecule has 2 amide bonds. The van der Waals surface area contributed by atoms with Crippen molar-refractivity contribution in [3.8, 4) is 0 Å². The van der Waals surface area contributed by atoms with E-state index in [-0.39, 0.29) is 22.5 Å². The Bertz CT molecular complexity index is 520. The van der Waals surface area contributed by atoms with Gasteiger partial charge in [-0.15, -0.1) is 0 Å². The number of pyridine rings is 1. The average Bonchev–Trinajstić information content (AvgIpc) is 2.42. The summed E-state index contributed by atoms with van der Waals surface area (Å²) < 4.78 is 0. The maximum atomic E-state index is 12.4. The van der Waals surface area contributed by atoms with Crippen LogP contribution in [-0.2, 0) is 4.79 Å². The normalized spacial score (nSPS) is 19.0. The van der Waals surface area contributed by atoms with E-state index in [1.54, 1.807) is 26.1 Å². The molecule has 0 spiro atoms. The van der Waals surface area contributed by atoms with Gasteiger partial charge in [-0.25, -0.2) is 4.98 Å². The predicted octanol–water partition coefficient (Wildman–Crippen LogP) is 0.737. The number of halogens is 1. The van der Waals surface area contributed by atoms with Crippen LogP contribution in [0.5, 0.6) is 0 Å². The van der Waals surface area contributed by atoms with Gasteiger partial charge in [0.1, 0.15) is 17.6 Å². The van der Waals surface area contributed by atoms with E-state index in [4.69, 9.17) is 11.6 Å². The minimum Gasteiger partial charge on any atom is -0.373 e. The van der Waals surface area contributed by atoms with E-state index in [0.29, 0.717) is 18.9 Å². The zero-order chi connectivity index (χ0) is 14.0. The van der Waals surface area contributed by atoms with E-state index in [1.165, 1.54) is 4.90 Å². The fourth-order valence-electron chi connectivity index (χ4n) is 1.93. The SMILES string of the molecule is CNc1ccc(Cl)c(C(=O)N2CCNC(=O)C2C)n1. The largest absolute Gasteiger partial charge is 0.373 e. The van der Waals surface area contributed by atoms with Gasteiger partial charge in [0.15, 0.2) is 0 Å². The van der Waals surface area contributed by atoms with E-state index in [0.717, 1.165) is 0 Å². The van der Waals surface area contributed by atoms with Crippen LogP contribution in [0.4, 0.5) is 5.82 Å². The summed E-state index contributed by atoms with van der Waals surface area (Å²) in [7, 11) is 1.71. The quantitative estimate of drug-likeness (QED) is 0.839. The minimum atomic E-state index is -0.516. The first-order chi connectivity index (χ1) is 9.04. The Balaban J connectivity index is 2.30. The van der Waals surface area contributed by atoms with Crippen LogP contribution in [-0.4, -0.2) is 47.9 Å². The highest BCUT2D eigenvalue weighted by Gasteiger charge is 2.31. The van der Waals surface area contributed by atoms with E-state index in [2.05, 4.69) is 15.6 Å². The van der Waals surface area contributed by atoms with E-state index in [1.807, 2.05) is 0 Å². The molecule has 7 heteroatoms. The van der Waals surface area contributed by atoms with Crippen LogP contribution in [0.15, 0.2) is 12.1 Å². The lowest BCUT2D eigenvalue weighted by Gasteiger charge is -2.32. The third kappa shape index (κ3) is 2.63. The van der Waals surface area contributed by atoms with Gasteiger partial charge in [0.05, 0.1) is 5.02 Å². The lowest BCUT2D eigenvalue weighted by atomic mass is 10.2. The molecule has 1 unspecified atom stereocenters. The molecule has 1 saturated heterocycles. The maximum Gasteiger partial charge on any atom is 0.274 e. The number of anilines is 1.